The first-order chi connectivity index (χ1) is 9.86. The third kappa shape index (κ3) is 8.97. The average Bonchev–Trinajstić information content (AvgIpc) is 2.50. The van der Waals surface area contributed by atoms with Crippen LogP contribution >= 0.6 is 0 Å². The molecule has 0 amide bonds. The zero-order chi connectivity index (χ0) is 14.5. The molecular weight excluding hydrogens is 244 g/mol. The molecule has 0 aromatic rings. The maximum atomic E-state index is 3.65. The van der Waals surface area contributed by atoms with E-state index in [0.717, 1.165) is 5.92 Å². The van der Waals surface area contributed by atoms with E-state index in [1.54, 1.807) is 0 Å². The van der Waals surface area contributed by atoms with Gasteiger partial charge in [-0.25, -0.2) is 0 Å². The Bertz CT molecular complexity index is 200. The molecule has 120 valence electrons. The van der Waals surface area contributed by atoms with Crippen molar-refractivity contribution in [2.75, 3.05) is 32.7 Å². The third-order valence-electron chi connectivity index (χ3n) is 4.81. The van der Waals surface area contributed by atoms with E-state index < -0.39 is 0 Å². The topological polar surface area (TPSA) is 15.3 Å². The fourth-order valence-electron chi connectivity index (χ4n) is 3.35. The minimum Gasteiger partial charge on any atom is -0.317 e. The molecule has 1 N–H and O–H groups in total. The van der Waals surface area contributed by atoms with Crippen molar-refractivity contribution >= 4 is 0 Å². The fourth-order valence-corrected chi connectivity index (χ4v) is 3.35. The van der Waals surface area contributed by atoms with Crippen molar-refractivity contribution in [1.82, 2.24) is 10.2 Å². The van der Waals surface area contributed by atoms with Gasteiger partial charge in [-0.1, -0.05) is 58.8 Å². The molecule has 0 aliphatic heterocycles. The summed E-state index contributed by atoms with van der Waals surface area (Å²) in [5.74, 6) is 1.03. The molecule has 0 saturated heterocycles. The Labute approximate surface area is 127 Å². The summed E-state index contributed by atoms with van der Waals surface area (Å²) in [5, 5.41) is 3.65. The molecule has 0 atom stereocenters. The Morgan fingerprint density at radius 2 is 1.65 bits per heavy atom. The van der Waals surface area contributed by atoms with Crippen LogP contribution in [-0.2, 0) is 0 Å². The zero-order valence-corrected chi connectivity index (χ0v) is 14.1. The van der Waals surface area contributed by atoms with Crippen LogP contribution in [0, 0.1) is 5.92 Å². The summed E-state index contributed by atoms with van der Waals surface area (Å²) in [6.07, 6.45) is 14.2. The van der Waals surface area contributed by atoms with Crippen molar-refractivity contribution in [3.63, 3.8) is 0 Å². The highest BCUT2D eigenvalue weighted by atomic mass is 15.1. The summed E-state index contributed by atoms with van der Waals surface area (Å²) in [6, 6.07) is 0. The first-order valence-corrected chi connectivity index (χ1v) is 9.29. The van der Waals surface area contributed by atoms with Gasteiger partial charge in [0.1, 0.15) is 0 Å². The first-order valence-electron chi connectivity index (χ1n) is 9.29. The second kappa shape index (κ2) is 12.6. The summed E-state index contributed by atoms with van der Waals surface area (Å²) < 4.78 is 0. The van der Waals surface area contributed by atoms with Crippen molar-refractivity contribution < 1.29 is 0 Å². The molecule has 0 spiro atoms. The number of nitrogens with zero attached hydrogens (tertiary/aromatic N) is 1. The van der Waals surface area contributed by atoms with Crippen LogP contribution in [0.15, 0.2) is 0 Å². The van der Waals surface area contributed by atoms with Gasteiger partial charge in [-0.15, -0.1) is 0 Å². The molecule has 0 bridgehead atoms. The predicted molar refractivity (Wildman–Crippen MR) is 90.3 cm³/mol. The Hall–Kier alpha value is -0.0800. The Morgan fingerprint density at radius 3 is 2.35 bits per heavy atom. The minimum atomic E-state index is 1.03. The predicted octanol–water partition coefficient (Wildman–Crippen LogP) is 4.45. The molecule has 1 fully saturated rings. The van der Waals surface area contributed by atoms with Crippen LogP contribution in [0.4, 0.5) is 0 Å². The zero-order valence-electron chi connectivity index (χ0n) is 14.1. The van der Waals surface area contributed by atoms with E-state index in [2.05, 4.69) is 24.1 Å². The lowest BCUT2D eigenvalue weighted by molar-refractivity contribution is 0.275. The van der Waals surface area contributed by atoms with Gasteiger partial charge < -0.3 is 10.2 Å². The standard InChI is InChI=1S/C18H38N2/c1-3-5-9-16-20(4-2)17-10-14-19-15-13-18-11-7-6-8-12-18/h18-19H,3-17H2,1-2H3. The largest absolute Gasteiger partial charge is 0.317 e. The smallest absolute Gasteiger partial charge is 0.000676 e. The highest BCUT2D eigenvalue weighted by Gasteiger charge is 2.12. The van der Waals surface area contributed by atoms with Crippen LogP contribution in [0.25, 0.3) is 0 Å². The lowest BCUT2D eigenvalue weighted by Crippen LogP contribution is -2.29. The quantitative estimate of drug-likeness (QED) is 0.532. The first kappa shape index (κ1) is 18.0. The van der Waals surface area contributed by atoms with Gasteiger partial charge in [-0.2, -0.15) is 0 Å². The second-order valence-corrected chi connectivity index (χ2v) is 6.54. The Balaban J connectivity index is 1.89. The summed E-state index contributed by atoms with van der Waals surface area (Å²) in [5.41, 5.74) is 0. The monoisotopic (exact) mass is 282 g/mol. The maximum absolute atomic E-state index is 3.65. The Kier molecular flexibility index (Phi) is 11.4. The van der Waals surface area contributed by atoms with Crippen LogP contribution < -0.4 is 5.32 Å². The lowest BCUT2D eigenvalue weighted by atomic mass is 9.87. The maximum Gasteiger partial charge on any atom is -0.000676 e. The highest BCUT2D eigenvalue weighted by molar-refractivity contribution is 4.67. The molecule has 0 radical (unpaired) electrons. The van der Waals surface area contributed by atoms with E-state index in [-0.39, 0.29) is 0 Å². The van der Waals surface area contributed by atoms with Gasteiger partial charge in [-0.3, -0.25) is 0 Å². The molecule has 2 nitrogen and oxygen atoms in total. The average molecular weight is 283 g/mol. The van der Waals surface area contributed by atoms with Crippen LogP contribution in [0.2, 0.25) is 0 Å². The number of unbranched alkanes of at least 4 members (excludes halogenated alkanes) is 2. The Morgan fingerprint density at radius 1 is 0.900 bits per heavy atom. The molecular formula is C18H38N2. The number of hydrogen-bond donors (Lipinski definition) is 1. The highest BCUT2D eigenvalue weighted by Crippen LogP contribution is 2.25. The molecule has 0 aromatic heterocycles. The molecule has 1 rings (SSSR count). The van der Waals surface area contributed by atoms with E-state index in [0.29, 0.717) is 0 Å². The van der Waals surface area contributed by atoms with Crippen LogP contribution in [0.1, 0.15) is 78.1 Å². The number of hydrogen-bond acceptors (Lipinski definition) is 2. The van der Waals surface area contributed by atoms with Gasteiger partial charge in [0.05, 0.1) is 0 Å². The molecule has 1 aliphatic carbocycles. The molecule has 0 unspecified atom stereocenters. The van der Waals surface area contributed by atoms with Crippen LogP contribution in [-0.4, -0.2) is 37.6 Å². The van der Waals surface area contributed by atoms with E-state index in [9.17, 15) is 0 Å². The van der Waals surface area contributed by atoms with Gasteiger partial charge in [-0.05, 0) is 57.9 Å². The van der Waals surface area contributed by atoms with Gasteiger partial charge in [0.2, 0.25) is 0 Å². The number of rotatable bonds is 12. The van der Waals surface area contributed by atoms with E-state index in [1.165, 1.54) is 96.9 Å². The van der Waals surface area contributed by atoms with Crippen molar-refractivity contribution in [3.05, 3.63) is 0 Å². The van der Waals surface area contributed by atoms with Crippen molar-refractivity contribution in [1.29, 1.82) is 0 Å². The molecule has 1 saturated carbocycles. The summed E-state index contributed by atoms with van der Waals surface area (Å²) in [4.78, 5) is 2.61. The van der Waals surface area contributed by atoms with E-state index >= 15 is 0 Å². The van der Waals surface area contributed by atoms with Gasteiger partial charge in [0.25, 0.3) is 0 Å². The molecule has 1 aliphatic rings. The van der Waals surface area contributed by atoms with Crippen molar-refractivity contribution in [2.24, 2.45) is 5.92 Å². The summed E-state index contributed by atoms with van der Waals surface area (Å²) in [6.45, 7) is 10.8. The molecule has 0 aromatic carbocycles. The SMILES string of the molecule is CCCCCN(CC)CCCNCCC1CCCCC1. The molecule has 2 heteroatoms. The van der Waals surface area contributed by atoms with Crippen LogP contribution in [0.3, 0.4) is 0 Å². The van der Waals surface area contributed by atoms with Crippen molar-refractivity contribution in [2.45, 2.75) is 78.1 Å². The second-order valence-electron chi connectivity index (χ2n) is 6.54. The lowest BCUT2D eigenvalue weighted by Gasteiger charge is -2.22. The minimum absolute atomic E-state index is 1.03. The van der Waals surface area contributed by atoms with Gasteiger partial charge in [0, 0.05) is 0 Å². The summed E-state index contributed by atoms with van der Waals surface area (Å²) >= 11 is 0. The van der Waals surface area contributed by atoms with Gasteiger partial charge >= 0.3 is 0 Å². The number of nitrogens with one attached hydrogen (secondary N) is 1. The van der Waals surface area contributed by atoms with E-state index in [4.69, 9.17) is 0 Å². The van der Waals surface area contributed by atoms with Crippen LogP contribution in [0.5, 0.6) is 0 Å². The molecule has 20 heavy (non-hydrogen) atoms. The third-order valence-corrected chi connectivity index (χ3v) is 4.81. The normalized spacial score (nSPS) is 16.9. The van der Waals surface area contributed by atoms with E-state index in [1.807, 2.05) is 0 Å². The molecule has 0 heterocycles. The van der Waals surface area contributed by atoms with Gasteiger partial charge in [0.15, 0.2) is 0 Å². The summed E-state index contributed by atoms with van der Waals surface area (Å²) in [7, 11) is 0. The van der Waals surface area contributed by atoms with Crippen molar-refractivity contribution in [3.8, 4) is 0 Å². The fraction of sp³-hybridized carbons (Fsp3) is 1.00.